The van der Waals surface area contributed by atoms with Gasteiger partial charge in [0.05, 0.1) is 19.8 Å². The zero-order valence-electron chi connectivity index (χ0n) is 6.32. The molecule has 1 fully saturated rings. The van der Waals surface area contributed by atoms with Crippen LogP contribution < -0.4 is 0 Å². The molecule has 0 saturated carbocycles. The quantitative estimate of drug-likeness (QED) is 0.259. The lowest BCUT2D eigenvalue weighted by atomic mass is 10.4. The van der Waals surface area contributed by atoms with E-state index in [2.05, 4.69) is 4.74 Å². The molecule has 0 radical (unpaired) electrons. The summed E-state index contributed by atoms with van der Waals surface area (Å²) in [6, 6.07) is 0. The molecule has 0 aromatic rings. The average Bonchev–Trinajstić information content (AvgIpc) is 2.81. The summed E-state index contributed by atoms with van der Waals surface area (Å²) in [5.74, 6) is -0.341. The van der Waals surface area contributed by atoms with E-state index in [9.17, 15) is 4.79 Å². The summed E-state index contributed by atoms with van der Waals surface area (Å²) in [6.07, 6.45) is 6.91. The summed E-state index contributed by atoms with van der Waals surface area (Å²) < 4.78 is 9.29. The average molecular weight is 154 g/mol. The van der Waals surface area contributed by atoms with Crippen LogP contribution in [0.1, 0.15) is 0 Å². The zero-order chi connectivity index (χ0) is 8.10. The molecule has 60 valence electrons. The Bertz CT molecular complexity index is 190. The number of allylic oxidation sites excluding steroid dienone is 2. The van der Waals surface area contributed by atoms with Crippen LogP contribution in [0.25, 0.3) is 0 Å². The number of methoxy groups -OCH3 is 1. The maximum atomic E-state index is 10.5. The molecule has 1 heterocycles. The molecular weight excluding hydrogens is 144 g/mol. The first kappa shape index (κ1) is 8.01. The van der Waals surface area contributed by atoms with Gasteiger partial charge in [-0.3, -0.25) is 0 Å². The molecule has 0 aromatic carbocycles. The number of ether oxygens (including phenoxy) is 2. The van der Waals surface area contributed by atoms with Crippen molar-refractivity contribution in [2.75, 3.05) is 13.7 Å². The van der Waals surface area contributed by atoms with Gasteiger partial charge in [0.1, 0.15) is 0 Å². The molecule has 3 nitrogen and oxygen atoms in total. The lowest BCUT2D eigenvalue weighted by Gasteiger charge is -1.85. The Morgan fingerprint density at radius 3 is 2.91 bits per heavy atom. The highest BCUT2D eigenvalue weighted by atomic mass is 16.6. The molecule has 0 amide bonds. The van der Waals surface area contributed by atoms with E-state index < -0.39 is 0 Å². The van der Waals surface area contributed by atoms with Crippen LogP contribution >= 0.6 is 0 Å². The fourth-order valence-electron chi connectivity index (χ4n) is 0.557. The highest BCUT2D eigenvalue weighted by Crippen LogP contribution is 2.09. The van der Waals surface area contributed by atoms with Gasteiger partial charge in [-0.1, -0.05) is 18.2 Å². The van der Waals surface area contributed by atoms with Crippen LogP contribution in [0.4, 0.5) is 0 Å². The molecule has 0 N–H and O–H groups in total. The van der Waals surface area contributed by atoms with Crippen LogP contribution in [0.2, 0.25) is 0 Å². The van der Waals surface area contributed by atoms with E-state index in [1.165, 1.54) is 13.2 Å². The summed E-state index contributed by atoms with van der Waals surface area (Å²) >= 11 is 0. The van der Waals surface area contributed by atoms with Crippen molar-refractivity contribution >= 4 is 5.97 Å². The van der Waals surface area contributed by atoms with E-state index in [4.69, 9.17) is 4.74 Å². The molecule has 0 bridgehead atoms. The Morgan fingerprint density at radius 2 is 2.36 bits per heavy atom. The van der Waals surface area contributed by atoms with Crippen molar-refractivity contribution in [3.8, 4) is 0 Å². The Kier molecular flexibility index (Phi) is 2.86. The predicted octanol–water partition coefficient (Wildman–Crippen LogP) is 0.671. The Balaban J connectivity index is 2.17. The van der Waals surface area contributed by atoms with Crippen molar-refractivity contribution in [3.05, 3.63) is 24.3 Å². The van der Waals surface area contributed by atoms with Gasteiger partial charge in [-0.25, -0.2) is 4.79 Å². The minimum absolute atomic E-state index is 0.261. The maximum Gasteiger partial charge on any atom is 0.330 e. The first-order chi connectivity index (χ1) is 5.33. The lowest BCUT2D eigenvalue weighted by molar-refractivity contribution is -0.134. The molecule has 1 aliphatic rings. The third-order valence-corrected chi connectivity index (χ3v) is 1.23. The second-order valence-corrected chi connectivity index (χ2v) is 2.14. The third-order valence-electron chi connectivity index (χ3n) is 1.23. The fourth-order valence-corrected chi connectivity index (χ4v) is 0.557. The van der Waals surface area contributed by atoms with E-state index in [1.807, 2.05) is 6.08 Å². The van der Waals surface area contributed by atoms with Crippen molar-refractivity contribution in [2.45, 2.75) is 6.10 Å². The lowest BCUT2D eigenvalue weighted by Crippen LogP contribution is -1.92. The Morgan fingerprint density at radius 1 is 1.64 bits per heavy atom. The molecule has 0 aliphatic carbocycles. The van der Waals surface area contributed by atoms with E-state index in [0.717, 1.165) is 6.61 Å². The van der Waals surface area contributed by atoms with Crippen LogP contribution in [0.15, 0.2) is 24.3 Å². The standard InChI is InChI=1S/C8H10O3/c1-10-8(9)5-3-2-4-7-6-11-7/h2-5,7H,6H2,1H3. The van der Waals surface area contributed by atoms with Crippen LogP contribution in [0, 0.1) is 0 Å². The largest absolute Gasteiger partial charge is 0.466 e. The summed E-state index contributed by atoms with van der Waals surface area (Å²) in [5, 5.41) is 0. The van der Waals surface area contributed by atoms with Gasteiger partial charge in [-0.2, -0.15) is 0 Å². The van der Waals surface area contributed by atoms with Gasteiger partial charge in [-0.05, 0) is 0 Å². The van der Waals surface area contributed by atoms with Crippen molar-refractivity contribution in [2.24, 2.45) is 0 Å². The second-order valence-electron chi connectivity index (χ2n) is 2.14. The molecule has 1 unspecified atom stereocenters. The number of carbonyl (C=O) groups excluding carboxylic acids is 1. The monoisotopic (exact) mass is 154 g/mol. The smallest absolute Gasteiger partial charge is 0.330 e. The van der Waals surface area contributed by atoms with Crippen molar-refractivity contribution in [1.29, 1.82) is 0 Å². The number of esters is 1. The second kappa shape index (κ2) is 3.93. The maximum absolute atomic E-state index is 10.5. The normalized spacial score (nSPS) is 22.8. The Labute approximate surface area is 65.3 Å². The van der Waals surface area contributed by atoms with Crippen molar-refractivity contribution < 1.29 is 14.3 Å². The highest BCUT2D eigenvalue weighted by molar-refractivity contribution is 5.82. The van der Waals surface area contributed by atoms with Gasteiger partial charge < -0.3 is 9.47 Å². The number of epoxide rings is 1. The fraction of sp³-hybridized carbons (Fsp3) is 0.375. The van der Waals surface area contributed by atoms with Crippen LogP contribution in [-0.2, 0) is 14.3 Å². The van der Waals surface area contributed by atoms with E-state index in [-0.39, 0.29) is 12.1 Å². The topological polar surface area (TPSA) is 38.8 Å². The molecule has 1 atom stereocenters. The summed E-state index contributed by atoms with van der Waals surface area (Å²) in [4.78, 5) is 10.5. The third kappa shape index (κ3) is 3.57. The summed E-state index contributed by atoms with van der Waals surface area (Å²) in [5.41, 5.74) is 0. The molecule has 1 rings (SSSR count). The van der Waals surface area contributed by atoms with Gasteiger partial charge in [0.25, 0.3) is 0 Å². The Hall–Kier alpha value is -1.09. The number of hydrogen-bond donors (Lipinski definition) is 0. The number of hydrogen-bond acceptors (Lipinski definition) is 3. The van der Waals surface area contributed by atoms with Gasteiger partial charge in [0.15, 0.2) is 0 Å². The van der Waals surface area contributed by atoms with E-state index in [0.29, 0.717) is 0 Å². The molecule has 0 aromatic heterocycles. The minimum Gasteiger partial charge on any atom is -0.466 e. The van der Waals surface area contributed by atoms with Gasteiger partial charge in [0.2, 0.25) is 0 Å². The van der Waals surface area contributed by atoms with E-state index in [1.54, 1.807) is 12.2 Å². The molecule has 11 heavy (non-hydrogen) atoms. The first-order valence-corrected chi connectivity index (χ1v) is 3.37. The van der Waals surface area contributed by atoms with E-state index >= 15 is 0 Å². The molecule has 1 aliphatic heterocycles. The highest BCUT2D eigenvalue weighted by Gasteiger charge is 2.17. The van der Waals surface area contributed by atoms with Crippen LogP contribution in [0.3, 0.4) is 0 Å². The molecule has 1 saturated heterocycles. The first-order valence-electron chi connectivity index (χ1n) is 3.37. The molecule has 0 spiro atoms. The van der Waals surface area contributed by atoms with Gasteiger partial charge in [-0.15, -0.1) is 0 Å². The molecule has 3 heteroatoms. The minimum atomic E-state index is -0.341. The summed E-state index contributed by atoms with van der Waals surface area (Å²) in [7, 11) is 1.35. The number of rotatable bonds is 3. The van der Waals surface area contributed by atoms with Crippen LogP contribution in [0.5, 0.6) is 0 Å². The number of carbonyl (C=O) groups is 1. The van der Waals surface area contributed by atoms with Crippen LogP contribution in [-0.4, -0.2) is 25.8 Å². The zero-order valence-corrected chi connectivity index (χ0v) is 6.32. The SMILES string of the molecule is COC(=O)C=CC=CC1CO1. The summed E-state index contributed by atoms with van der Waals surface area (Å²) in [6.45, 7) is 0.794. The van der Waals surface area contributed by atoms with Gasteiger partial charge in [0, 0.05) is 6.08 Å². The van der Waals surface area contributed by atoms with Crippen molar-refractivity contribution in [1.82, 2.24) is 0 Å². The van der Waals surface area contributed by atoms with Gasteiger partial charge >= 0.3 is 5.97 Å². The van der Waals surface area contributed by atoms with Crippen molar-refractivity contribution in [3.63, 3.8) is 0 Å². The predicted molar refractivity (Wildman–Crippen MR) is 40.0 cm³/mol. The molecular formula is C8H10O3.